The van der Waals surface area contributed by atoms with Crippen molar-refractivity contribution in [1.82, 2.24) is 10.6 Å². The summed E-state index contributed by atoms with van der Waals surface area (Å²) in [6.07, 6.45) is 0.555. The first-order valence-corrected chi connectivity index (χ1v) is 6.95. The van der Waals surface area contributed by atoms with Crippen LogP contribution in [0.4, 0.5) is 4.79 Å². The van der Waals surface area contributed by atoms with E-state index in [0.29, 0.717) is 13.0 Å². The highest BCUT2D eigenvalue weighted by molar-refractivity contribution is 8.15. The average Bonchev–Trinajstić information content (AvgIpc) is 2.70. The number of imide groups is 1. The molecule has 1 aliphatic heterocycles. The van der Waals surface area contributed by atoms with Gasteiger partial charge in [0.15, 0.2) is 0 Å². The zero-order valence-corrected chi connectivity index (χ0v) is 11.5. The number of likely N-dealkylation sites (N-methyl/N-ethyl adjacent to an activating group) is 1. The van der Waals surface area contributed by atoms with Gasteiger partial charge < -0.3 is 10.1 Å². The van der Waals surface area contributed by atoms with Gasteiger partial charge in [0, 0.05) is 6.54 Å². The molecule has 1 saturated heterocycles. The number of ether oxygens (including phenoxy) is 1. The minimum atomic E-state index is -0.316. The molecule has 0 radical (unpaired) electrons. The van der Waals surface area contributed by atoms with E-state index in [1.165, 1.54) is 0 Å². The van der Waals surface area contributed by atoms with Crippen LogP contribution in [0.15, 0.2) is 24.3 Å². The summed E-state index contributed by atoms with van der Waals surface area (Å²) < 4.78 is 5.51. The number of amides is 2. The number of nitrogens with one attached hydrogen (secondary N) is 2. The second-order valence-corrected chi connectivity index (χ2v) is 5.36. The van der Waals surface area contributed by atoms with E-state index in [1.807, 2.05) is 31.3 Å². The smallest absolute Gasteiger partial charge is 0.286 e. The summed E-state index contributed by atoms with van der Waals surface area (Å²) in [6, 6.07) is 7.60. The van der Waals surface area contributed by atoms with Crippen molar-refractivity contribution in [2.75, 3.05) is 20.2 Å². The van der Waals surface area contributed by atoms with Gasteiger partial charge in [0.1, 0.15) is 12.4 Å². The molecule has 2 rings (SSSR count). The summed E-state index contributed by atoms with van der Waals surface area (Å²) in [4.78, 5) is 22.5. The van der Waals surface area contributed by atoms with Crippen LogP contribution in [0, 0.1) is 0 Å². The van der Waals surface area contributed by atoms with E-state index in [4.69, 9.17) is 4.74 Å². The van der Waals surface area contributed by atoms with Crippen LogP contribution in [0.1, 0.15) is 5.56 Å². The van der Waals surface area contributed by atoms with Crippen molar-refractivity contribution >= 4 is 22.9 Å². The summed E-state index contributed by atoms with van der Waals surface area (Å²) >= 11 is 1.05. The first kappa shape index (κ1) is 13.9. The van der Waals surface area contributed by atoms with Gasteiger partial charge in [-0.15, -0.1) is 0 Å². The lowest BCUT2D eigenvalue weighted by Gasteiger charge is -2.08. The van der Waals surface area contributed by atoms with Crippen molar-refractivity contribution in [1.29, 1.82) is 0 Å². The Kier molecular flexibility index (Phi) is 4.81. The third-order valence-corrected chi connectivity index (χ3v) is 3.71. The van der Waals surface area contributed by atoms with E-state index in [2.05, 4.69) is 10.6 Å². The normalized spacial score (nSPS) is 18.5. The highest BCUT2D eigenvalue weighted by Crippen LogP contribution is 2.23. The van der Waals surface area contributed by atoms with Crippen molar-refractivity contribution in [3.63, 3.8) is 0 Å². The molecule has 1 aromatic carbocycles. The number of rotatable bonds is 6. The molecule has 1 aromatic rings. The topological polar surface area (TPSA) is 67.4 Å². The number of hydrogen-bond acceptors (Lipinski definition) is 5. The molecule has 0 saturated carbocycles. The lowest BCUT2D eigenvalue weighted by atomic mass is 10.1. The highest BCUT2D eigenvalue weighted by Gasteiger charge is 2.31. The standard InChI is InChI=1S/C13H16N2O3S/c1-14-6-7-18-10-4-2-9(3-5-10)8-11-12(16)15-13(17)19-11/h2-5,11,14H,6-8H2,1H3,(H,15,16,17). The Morgan fingerprint density at radius 2 is 2.05 bits per heavy atom. The van der Waals surface area contributed by atoms with Crippen molar-refractivity contribution in [2.24, 2.45) is 0 Å². The quantitative estimate of drug-likeness (QED) is 0.766. The van der Waals surface area contributed by atoms with Gasteiger partial charge in [-0.3, -0.25) is 14.9 Å². The molecular formula is C13H16N2O3S. The molecule has 6 heteroatoms. The van der Waals surface area contributed by atoms with E-state index in [1.54, 1.807) is 0 Å². The second kappa shape index (κ2) is 6.58. The Bertz CT molecular complexity index is 461. The van der Waals surface area contributed by atoms with Gasteiger partial charge in [0.05, 0.1) is 5.25 Å². The Hall–Kier alpha value is -1.53. The van der Waals surface area contributed by atoms with Crippen LogP contribution < -0.4 is 15.4 Å². The van der Waals surface area contributed by atoms with E-state index in [0.717, 1.165) is 29.6 Å². The third-order valence-electron chi connectivity index (χ3n) is 2.73. The number of thioether (sulfide) groups is 1. The molecule has 1 heterocycles. The maximum absolute atomic E-state index is 11.4. The van der Waals surface area contributed by atoms with E-state index >= 15 is 0 Å². The maximum atomic E-state index is 11.4. The van der Waals surface area contributed by atoms with Gasteiger partial charge in [-0.05, 0) is 31.2 Å². The fourth-order valence-electron chi connectivity index (χ4n) is 1.73. The van der Waals surface area contributed by atoms with Gasteiger partial charge in [0.2, 0.25) is 5.91 Å². The van der Waals surface area contributed by atoms with Crippen molar-refractivity contribution in [3.05, 3.63) is 29.8 Å². The lowest BCUT2D eigenvalue weighted by Crippen LogP contribution is -2.25. The molecule has 1 aliphatic rings. The predicted octanol–water partition coefficient (Wildman–Crippen LogP) is 1.18. The number of hydrogen-bond donors (Lipinski definition) is 2. The van der Waals surface area contributed by atoms with Crippen LogP contribution in [-0.2, 0) is 11.2 Å². The van der Waals surface area contributed by atoms with E-state index < -0.39 is 0 Å². The number of benzene rings is 1. The van der Waals surface area contributed by atoms with Crippen molar-refractivity contribution < 1.29 is 14.3 Å². The summed E-state index contributed by atoms with van der Waals surface area (Å²) in [5, 5.41) is 4.71. The molecule has 0 bridgehead atoms. The first-order valence-electron chi connectivity index (χ1n) is 6.07. The van der Waals surface area contributed by atoms with Gasteiger partial charge in [-0.2, -0.15) is 0 Å². The molecule has 0 aromatic heterocycles. The summed E-state index contributed by atoms with van der Waals surface area (Å²) in [6.45, 7) is 1.41. The van der Waals surface area contributed by atoms with Crippen LogP contribution in [0.3, 0.4) is 0 Å². The van der Waals surface area contributed by atoms with Gasteiger partial charge in [0.25, 0.3) is 5.24 Å². The molecule has 2 amide bonds. The minimum Gasteiger partial charge on any atom is -0.492 e. The van der Waals surface area contributed by atoms with Crippen LogP contribution in [-0.4, -0.2) is 36.6 Å². The van der Waals surface area contributed by atoms with Crippen LogP contribution in [0.25, 0.3) is 0 Å². The lowest BCUT2D eigenvalue weighted by molar-refractivity contribution is -0.118. The SMILES string of the molecule is CNCCOc1ccc(CC2SC(=O)NC2=O)cc1. The van der Waals surface area contributed by atoms with Crippen molar-refractivity contribution in [3.8, 4) is 5.75 Å². The van der Waals surface area contributed by atoms with Crippen LogP contribution in [0.5, 0.6) is 5.75 Å². The average molecular weight is 280 g/mol. The van der Waals surface area contributed by atoms with Crippen LogP contribution >= 0.6 is 11.8 Å². The zero-order valence-electron chi connectivity index (χ0n) is 10.6. The fourth-order valence-corrected chi connectivity index (χ4v) is 2.59. The molecule has 19 heavy (non-hydrogen) atoms. The maximum Gasteiger partial charge on any atom is 0.286 e. The molecule has 5 nitrogen and oxygen atoms in total. The largest absolute Gasteiger partial charge is 0.492 e. The summed E-state index contributed by atoms with van der Waals surface area (Å²) in [5.74, 6) is 0.600. The predicted molar refractivity (Wildman–Crippen MR) is 74.5 cm³/mol. The van der Waals surface area contributed by atoms with Gasteiger partial charge >= 0.3 is 0 Å². The number of carbonyl (C=O) groups is 2. The molecule has 0 aliphatic carbocycles. The third kappa shape index (κ3) is 3.97. The molecule has 1 fully saturated rings. The molecule has 0 spiro atoms. The molecule has 1 unspecified atom stereocenters. The highest BCUT2D eigenvalue weighted by atomic mass is 32.2. The monoisotopic (exact) mass is 280 g/mol. The van der Waals surface area contributed by atoms with Crippen molar-refractivity contribution in [2.45, 2.75) is 11.7 Å². The van der Waals surface area contributed by atoms with Crippen LogP contribution in [0.2, 0.25) is 0 Å². The fraction of sp³-hybridized carbons (Fsp3) is 0.385. The summed E-state index contributed by atoms with van der Waals surface area (Å²) in [5.41, 5.74) is 1.02. The zero-order chi connectivity index (χ0) is 13.7. The Morgan fingerprint density at radius 1 is 1.32 bits per heavy atom. The van der Waals surface area contributed by atoms with E-state index in [-0.39, 0.29) is 16.4 Å². The Labute approximate surface area is 116 Å². The molecule has 2 N–H and O–H groups in total. The Morgan fingerprint density at radius 3 is 2.63 bits per heavy atom. The van der Waals surface area contributed by atoms with Gasteiger partial charge in [-0.25, -0.2) is 0 Å². The molecule has 1 atom stereocenters. The van der Waals surface area contributed by atoms with E-state index in [9.17, 15) is 9.59 Å². The number of carbonyl (C=O) groups excluding carboxylic acids is 2. The Balaban J connectivity index is 1.88. The molecular weight excluding hydrogens is 264 g/mol. The first-order chi connectivity index (χ1) is 9.19. The molecule has 102 valence electrons. The summed E-state index contributed by atoms with van der Waals surface area (Å²) in [7, 11) is 1.87. The second-order valence-electron chi connectivity index (χ2n) is 4.18. The minimum absolute atomic E-state index is 0.204. The van der Waals surface area contributed by atoms with Gasteiger partial charge in [-0.1, -0.05) is 23.9 Å².